The molecule has 0 spiro atoms. The van der Waals surface area contributed by atoms with Gasteiger partial charge in [-0.05, 0) is 67.5 Å². The molecule has 134 heavy (non-hydrogen) atoms. The summed E-state index contributed by atoms with van der Waals surface area (Å²) in [5.74, 6) is -22.8. The Kier molecular flexibility index (Phi) is 48.2. The summed E-state index contributed by atoms with van der Waals surface area (Å²) in [6, 6.07) is 13.3. The maximum Gasteiger partial charge on any atom is 0.331 e. The van der Waals surface area contributed by atoms with E-state index in [0.29, 0.717) is 12.5 Å². The number of aliphatic carboxylic acids is 2. The maximum absolute atomic E-state index is 13.8. The normalized spacial score (nSPS) is 15.2. The molecule has 0 aliphatic heterocycles. The van der Waals surface area contributed by atoms with Crippen LogP contribution in [-0.2, 0) is 177 Å². The van der Waals surface area contributed by atoms with E-state index in [-0.39, 0.29) is 43.6 Å². The van der Waals surface area contributed by atoms with Gasteiger partial charge in [0.25, 0.3) is 0 Å². The molecule has 0 amide bonds. The number of carbonyl (C=O) groups is 18. The number of carboxylic acid groups (broad SMARTS) is 2. The molecule has 40 heteroatoms. The fourth-order valence-corrected chi connectivity index (χ4v) is 12.2. The largest absolute Gasteiger partial charge is 0.490 e. The summed E-state index contributed by atoms with van der Waals surface area (Å²) in [4.78, 5) is 231. The molecule has 7 atom stereocenters. The smallest absolute Gasteiger partial charge is 0.331 e. The van der Waals surface area contributed by atoms with Gasteiger partial charge >= 0.3 is 107 Å². The molecule has 728 valence electrons. The SMILES string of the molecule is C=CC(=O)OCC(COCC(COC(=O)C=C)(COC(=O)C=C)COC(=O)CCC(=O)OCC(COc1ccc(C(C)(C)c2ccc(OCC(COC(=O)CCC(=O)OCC(COCC(COC(=O)C=C)(COC(=O)C=C)OC(=O)C=C)(COC(=O)C=C)OC(=O)C=C)OC(=O)C3CC=CCC3C(=O)O)cc2)cc1)OC(=O)C1CC=CCC1C(=O)O)(COC(=O)C=C)COC(=O)CCC. The minimum Gasteiger partial charge on any atom is -0.490 e. The van der Waals surface area contributed by atoms with Crippen LogP contribution in [-0.4, -0.2) is 260 Å². The molecule has 4 rings (SSSR count). The third-order valence-electron chi connectivity index (χ3n) is 19.8. The zero-order chi connectivity index (χ0) is 99.5. The van der Waals surface area contributed by atoms with Gasteiger partial charge in [-0.25, -0.2) is 43.2 Å². The zero-order valence-corrected chi connectivity index (χ0v) is 74.7. The Morgan fingerprint density at radius 2 is 0.575 bits per heavy atom. The highest BCUT2D eigenvalue weighted by molar-refractivity contribution is 5.87. The van der Waals surface area contributed by atoms with Crippen LogP contribution in [0, 0.1) is 34.5 Å². The standard InChI is InChI=1S/C94H112O40/c1-13-27-81(104)125-54-91(50-121-72(95)14-2,51-122-73(96)15-3)48-115-49-92(52-123-74(97)16-4,53-124-75(98)17-5)55-126-84(107)42-40-82(105)119-46-66(131-88(113)70-30-25-23-28-68(70)86(109)110)44-117-64-36-32-62(33-37-64)90(11,12)63-34-38-65(39-35-63)118-45-67(132-89(114)71-31-26-24-29-69(71)87(111)112)47-120-83(106)41-43-85(108)130-61-94(134-80(103)22-10,60-129-78(101)20-8)57-116-56-93(133-79(102)21-9,58-127-76(99)18-6)59-128-77(100)19-7/h14-26,32-39,66-71H,2-10,13,27-31,40-61H2,1,11-12H3,(H,109,110)(H,111,112). The second-order valence-electron chi connectivity index (χ2n) is 30.8. The highest BCUT2D eigenvalue weighted by Crippen LogP contribution is 2.36. The molecule has 0 heterocycles. The maximum atomic E-state index is 13.8. The highest BCUT2D eigenvalue weighted by atomic mass is 16.7. The van der Waals surface area contributed by atoms with E-state index in [1.54, 1.807) is 79.8 Å². The summed E-state index contributed by atoms with van der Waals surface area (Å²) >= 11 is 0. The van der Waals surface area contributed by atoms with Crippen LogP contribution in [0.15, 0.2) is 187 Å². The number of hydrogen-bond donors (Lipinski definition) is 2. The average Bonchev–Trinajstić information content (AvgIpc) is 0.803. The number of carbonyl (C=O) groups excluding carboxylic acids is 16. The van der Waals surface area contributed by atoms with Crippen LogP contribution < -0.4 is 9.47 Å². The molecule has 0 fully saturated rings. The summed E-state index contributed by atoms with van der Waals surface area (Å²) < 4.78 is 111. The number of allylic oxidation sites excluding steroid dienone is 4. The summed E-state index contributed by atoms with van der Waals surface area (Å²) in [7, 11) is 0. The predicted octanol–water partition coefficient (Wildman–Crippen LogP) is 7.05. The first kappa shape index (κ1) is 112. The van der Waals surface area contributed by atoms with E-state index in [9.17, 15) is 96.5 Å². The molecule has 0 radical (unpaired) electrons. The van der Waals surface area contributed by atoms with Gasteiger partial charge in [-0.2, -0.15) is 0 Å². The highest BCUT2D eigenvalue weighted by Gasteiger charge is 2.46. The molecule has 7 unspecified atom stereocenters. The molecular weight excluding hydrogens is 1770 g/mol. The topological polar surface area (TPSA) is 532 Å². The van der Waals surface area contributed by atoms with Gasteiger partial charge in [-0.15, -0.1) is 0 Å². The fourth-order valence-electron chi connectivity index (χ4n) is 12.2. The molecule has 0 bridgehead atoms. The van der Waals surface area contributed by atoms with Crippen LogP contribution in [0.4, 0.5) is 0 Å². The van der Waals surface area contributed by atoms with Crippen molar-refractivity contribution in [1.82, 2.24) is 0 Å². The molecule has 0 aromatic heterocycles. The summed E-state index contributed by atoms with van der Waals surface area (Å²) in [6.45, 7) is 22.8. The zero-order valence-electron chi connectivity index (χ0n) is 74.7. The van der Waals surface area contributed by atoms with Crippen molar-refractivity contribution in [2.75, 3.05) is 119 Å². The van der Waals surface area contributed by atoms with Crippen LogP contribution in [0.1, 0.15) is 96.1 Å². The minimum absolute atomic E-state index is 0.00268. The summed E-state index contributed by atoms with van der Waals surface area (Å²) in [5, 5.41) is 20.0. The number of carboxylic acids is 2. The number of ether oxygens (including phenoxy) is 20. The molecule has 0 saturated carbocycles. The van der Waals surface area contributed by atoms with Gasteiger partial charge in [0.05, 0.1) is 86.6 Å². The summed E-state index contributed by atoms with van der Waals surface area (Å²) in [6.07, 6.45) is 8.24. The van der Waals surface area contributed by atoms with Crippen LogP contribution >= 0.6 is 0 Å². The molecule has 0 saturated heterocycles. The quantitative estimate of drug-likeness (QED) is 0.0290. The van der Waals surface area contributed by atoms with Gasteiger partial charge < -0.3 is 105 Å². The Labute approximate surface area is 772 Å². The lowest BCUT2D eigenvalue weighted by Crippen LogP contribution is -2.53. The van der Waals surface area contributed by atoms with Gasteiger partial charge in [-0.3, -0.25) is 43.2 Å². The van der Waals surface area contributed by atoms with Crippen molar-refractivity contribution in [2.24, 2.45) is 34.5 Å². The molecule has 2 N–H and O–H groups in total. The van der Waals surface area contributed by atoms with Gasteiger partial charge in [-0.1, -0.05) is 129 Å². The number of benzene rings is 2. The Balaban J connectivity index is 1.52. The van der Waals surface area contributed by atoms with Crippen molar-refractivity contribution in [3.63, 3.8) is 0 Å². The van der Waals surface area contributed by atoms with E-state index in [4.69, 9.17) is 94.7 Å². The van der Waals surface area contributed by atoms with Crippen molar-refractivity contribution < 1.29 is 191 Å². The van der Waals surface area contributed by atoms with Crippen molar-refractivity contribution >= 4 is 107 Å². The van der Waals surface area contributed by atoms with E-state index >= 15 is 0 Å². The Bertz CT molecular complexity index is 4510. The first-order valence-corrected chi connectivity index (χ1v) is 41.6. The number of rotatable bonds is 65. The van der Waals surface area contributed by atoms with E-state index in [1.807, 2.05) is 13.8 Å². The Hall–Kier alpha value is -14.4. The minimum atomic E-state index is -2.29. The van der Waals surface area contributed by atoms with Crippen molar-refractivity contribution in [1.29, 1.82) is 0 Å². The first-order valence-electron chi connectivity index (χ1n) is 41.6. The van der Waals surface area contributed by atoms with Crippen molar-refractivity contribution in [3.05, 3.63) is 198 Å². The van der Waals surface area contributed by atoms with E-state index < -0.39 is 315 Å². The van der Waals surface area contributed by atoms with Gasteiger partial charge in [0.1, 0.15) is 104 Å². The molecular formula is C94H112O40. The third-order valence-corrected chi connectivity index (χ3v) is 19.8. The van der Waals surface area contributed by atoms with Crippen molar-refractivity contribution in [2.45, 2.75) is 114 Å². The molecule has 40 nitrogen and oxygen atoms in total. The second-order valence-corrected chi connectivity index (χ2v) is 30.8. The molecule has 2 aliphatic carbocycles. The van der Waals surface area contributed by atoms with Gasteiger partial charge in [0.2, 0.25) is 11.2 Å². The Morgan fingerprint density at radius 3 is 0.866 bits per heavy atom. The number of hydrogen-bond acceptors (Lipinski definition) is 38. The summed E-state index contributed by atoms with van der Waals surface area (Å²) in [5.41, 5.74) is -7.25. The fraction of sp³-hybridized carbons (Fsp3) is 0.447. The number of esters is 16. The lowest BCUT2D eigenvalue weighted by Gasteiger charge is -2.35. The van der Waals surface area contributed by atoms with Crippen LogP contribution in [0.5, 0.6) is 11.5 Å². The van der Waals surface area contributed by atoms with Crippen LogP contribution in [0.25, 0.3) is 0 Å². The van der Waals surface area contributed by atoms with E-state index in [2.05, 4.69) is 59.2 Å². The first-order chi connectivity index (χ1) is 63.8. The van der Waals surface area contributed by atoms with Gasteiger partial charge in [0.15, 0.2) is 12.2 Å². The molecule has 2 aliphatic rings. The lowest BCUT2D eigenvalue weighted by atomic mass is 9.78. The van der Waals surface area contributed by atoms with Crippen molar-refractivity contribution in [3.8, 4) is 11.5 Å². The average molecular weight is 1880 g/mol. The van der Waals surface area contributed by atoms with Crippen LogP contribution in [0.3, 0.4) is 0 Å². The van der Waals surface area contributed by atoms with Crippen LogP contribution in [0.2, 0.25) is 0 Å². The third kappa shape index (κ3) is 39.7. The van der Waals surface area contributed by atoms with E-state index in [1.165, 1.54) is 0 Å². The monoisotopic (exact) mass is 1880 g/mol. The molecule has 2 aromatic rings. The Morgan fingerprint density at radius 1 is 0.321 bits per heavy atom. The second kappa shape index (κ2) is 57.7. The van der Waals surface area contributed by atoms with E-state index in [0.717, 1.165) is 59.7 Å². The lowest BCUT2D eigenvalue weighted by molar-refractivity contribution is -0.204. The van der Waals surface area contributed by atoms with Gasteiger partial charge in [0, 0.05) is 66.5 Å². The molecule has 2 aromatic carbocycles. The predicted molar refractivity (Wildman–Crippen MR) is 463 cm³/mol.